The van der Waals surface area contributed by atoms with E-state index in [0.717, 1.165) is 12.1 Å². The van der Waals surface area contributed by atoms with Crippen molar-refractivity contribution in [3.05, 3.63) is 68.5 Å². The molecule has 0 atom stereocenters. The number of carbonyl (C=O) groups excluding carboxylic acids is 2. The standard InChI is InChI=1S/C17H12ClFN2O4/c18-11-4-6-14-12(9-11)16(22)2-1-7-20(14)17(23)10-3-5-15(21(24)25)13(19)8-10/h3-6,8-9H,1-2,7H2. The fraction of sp³-hybridized carbons (Fsp3) is 0.176. The predicted molar refractivity (Wildman–Crippen MR) is 89.7 cm³/mol. The van der Waals surface area contributed by atoms with Crippen molar-refractivity contribution in [1.29, 1.82) is 0 Å². The molecule has 0 saturated carbocycles. The Balaban J connectivity index is 2.03. The average Bonchev–Trinajstić information content (AvgIpc) is 2.73. The molecule has 0 aromatic heterocycles. The number of ketones is 1. The van der Waals surface area contributed by atoms with E-state index >= 15 is 0 Å². The Labute approximate surface area is 147 Å². The average molecular weight is 363 g/mol. The Morgan fingerprint density at radius 1 is 1.24 bits per heavy atom. The van der Waals surface area contributed by atoms with Crippen LogP contribution in [0.4, 0.5) is 15.8 Å². The summed E-state index contributed by atoms with van der Waals surface area (Å²) < 4.78 is 13.8. The van der Waals surface area contributed by atoms with Crippen LogP contribution in [0.5, 0.6) is 0 Å². The van der Waals surface area contributed by atoms with Crippen LogP contribution in [0.2, 0.25) is 5.02 Å². The summed E-state index contributed by atoms with van der Waals surface area (Å²) in [6.45, 7) is 0.276. The van der Waals surface area contributed by atoms with Gasteiger partial charge in [-0.3, -0.25) is 19.7 Å². The van der Waals surface area contributed by atoms with Crippen LogP contribution in [-0.4, -0.2) is 23.2 Å². The molecule has 0 saturated heterocycles. The number of Topliss-reactive ketones (excluding diaryl/α,β-unsaturated/α-hetero) is 1. The smallest absolute Gasteiger partial charge is 0.304 e. The van der Waals surface area contributed by atoms with Gasteiger partial charge >= 0.3 is 5.69 Å². The molecule has 2 aromatic rings. The second-order valence-electron chi connectivity index (χ2n) is 5.57. The number of amides is 1. The molecule has 128 valence electrons. The van der Waals surface area contributed by atoms with Crippen LogP contribution in [-0.2, 0) is 0 Å². The van der Waals surface area contributed by atoms with Gasteiger partial charge in [0.1, 0.15) is 0 Å². The molecule has 0 aliphatic carbocycles. The van der Waals surface area contributed by atoms with Crippen molar-refractivity contribution in [3.63, 3.8) is 0 Å². The first-order valence-electron chi connectivity index (χ1n) is 7.47. The van der Waals surface area contributed by atoms with Crippen LogP contribution >= 0.6 is 11.6 Å². The molecule has 25 heavy (non-hydrogen) atoms. The predicted octanol–water partition coefficient (Wildman–Crippen LogP) is 4.01. The van der Waals surface area contributed by atoms with E-state index in [1.165, 1.54) is 17.0 Å². The van der Waals surface area contributed by atoms with E-state index in [-0.39, 0.29) is 24.3 Å². The first-order chi connectivity index (χ1) is 11.9. The molecule has 6 nitrogen and oxygen atoms in total. The van der Waals surface area contributed by atoms with Gasteiger partial charge in [-0.15, -0.1) is 0 Å². The summed E-state index contributed by atoms with van der Waals surface area (Å²) in [5.41, 5.74) is 0.00418. The number of nitro benzene ring substituents is 1. The Bertz CT molecular complexity index is 900. The second kappa shape index (κ2) is 6.60. The van der Waals surface area contributed by atoms with E-state index in [2.05, 4.69) is 0 Å². The zero-order chi connectivity index (χ0) is 18.1. The third-order valence-electron chi connectivity index (χ3n) is 3.97. The van der Waals surface area contributed by atoms with Crippen LogP contribution < -0.4 is 4.90 Å². The number of rotatable bonds is 2. The van der Waals surface area contributed by atoms with Crippen LogP contribution in [0.3, 0.4) is 0 Å². The maximum absolute atomic E-state index is 13.8. The first kappa shape index (κ1) is 17.0. The lowest BCUT2D eigenvalue weighted by atomic mass is 10.1. The molecule has 8 heteroatoms. The van der Waals surface area contributed by atoms with Gasteiger partial charge in [0.05, 0.1) is 10.6 Å². The minimum absolute atomic E-state index is 0.0293. The summed E-state index contributed by atoms with van der Waals surface area (Å²) in [6.07, 6.45) is 0.720. The van der Waals surface area contributed by atoms with Gasteiger partial charge in [-0.05, 0) is 36.8 Å². The van der Waals surface area contributed by atoms with Crippen molar-refractivity contribution >= 4 is 34.7 Å². The third kappa shape index (κ3) is 3.23. The Morgan fingerprint density at radius 2 is 2.00 bits per heavy atom. The summed E-state index contributed by atoms with van der Waals surface area (Å²) in [6, 6.07) is 7.63. The highest BCUT2D eigenvalue weighted by atomic mass is 35.5. The minimum atomic E-state index is -1.09. The van der Waals surface area contributed by atoms with Gasteiger partial charge in [0, 0.05) is 35.2 Å². The van der Waals surface area contributed by atoms with E-state index in [1.54, 1.807) is 12.1 Å². The fourth-order valence-corrected chi connectivity index (χ4v) is 2.95. The summed E-state index contributed by atoms with van der Waals surface area (Å²) in [5.74, 6) is -1.74. The molecule has 3 rings (SSSR count). The van der Waals surface area contributed by atoms with Gasteiger partial charge in [0.2, 0.25) is 5.82 Å². The lowest BCUT2D eigenvalue weighted by molar-refractivity contribution is -0.387. The number of fused-ring (bicyclic) bond motifs is 1. The molecular formula is C17H12ClFN2O4. The highest BCUT2D eigenvalue weighted by Gasteiger charge is 2.27. The second-order valence-corrected chi connectivity index (χ2v) is 6.00. The van der Waals surface area contributed by atoms with E-state index in [0.29, 0.717) is 22.7 Å². The SMILES string of the molecule is O=C1CCCN(C(=O)c2ccc([N+](=O)[O-])c(F)c2)c2ccc(Cl)cc21. The minimum Gasteiger partial charge on any atom is -0.308 e. The van der Waals surface area contributed by atoms with E-state index in [1.807, 2.05) is 0 Å². The van der Waals surface area contributed by atoms with Gasteiger partial charge in [-0.2, -0.15) is 4.39 Å². The van der Waals surface area contributed by atoms with Crippen molar-refractivity contribution < 1.29 is 18.9 Å². The zero-order valence-electron chi connectivity index (χ0n) is 12.9. The molecule has 1 aliphatic rings. The van der Waals surface area contributed by atoms with Gasteiger partial charge in [-0.1, -0.05) is 11.6 Å². The molecule has 1 amide bonds. The molecule has 0 bridgehead atoms. The summed E-state index contributed by atoms with van der Waals surface area (Å²) in [5, 5.41) is 11.1. The number of benzene rings is 2. The molecule has 0 unspecified atom stereocenters. The molecular weight excluding hydrogens is 351 g/mol. The number of anilines is 1. The van der Waals surface area contributed by atoms with Gasteiger partial charge in [0.25, 0.3) is 5.91 Å². The lowest BCUT2D eigenvalue weighted by Crippen LogP contribution is -2.31. The molecule has 1 heterocycles. The lowest BCUT2D eigenvalue weighted by Gasteiger charge is -2.22. The Kier molecular flexibility index (Phi) is 4.50. The van der Waals surface area contributed by atoms with Gasteiger partial charge in [-0.25, -0.2) is 0 Å². The summed E-state index contributed by atoms with van der Waals surface area (Å²) >= 11 is 5.94. The van der Waals surface area contributed by atoms with Gasteiger partial charge < -0.3 is 4.90 Å². The van der Waals surface area contributed by atoms with Crippen molar-refractivity contribution in [2.24, 2.45) is 0 Å². The van der Waals surface area contributed by atoms with Crippen molar-refractivity contribution in [3.8, 4) is 0 Å². The maximum Gasteiger partial charge on any atom is 0.304 e. The van der Waals surface area contributed by atoms with Crippen molar-refractivity contribution in [2.45, 2.75) is 12.8 Å². The molecule has 0 spiro atoms. The van der Waals surface area contributed by atoms with Crippen LogP contribution in [0, 0.1) is 15.9 Å². The fourth-order valence-electron chi connectivity index (χ4n) is 2.77. The van der Waals surface area contributed by atoms with Crippen molar-refractivity contribution in [2.75, 3.05) is 11.4 Å². The van der Waals surface area contributed by atoms with E-state index in [4.69, 9.17) is 11.6 Å². The molecule has 1 aliphatic heterocycles. The van der Waals surface area contributed by atoms with Crippen LogP contribution in [0.25, 0.3) is 0 Å². The first-order valence-corrected chi connectivity index (χ1v) is 7.85. The summed E-state index contributed by atoms with van der Waals surface area (Å²) in [7, 11) is 0. The normalized spacial score (nSPS) is 14.0. The topological polar surface area (TPSA) is 80.5 Å². The monoisotopic (exact) mass is 362 g/mol. The van der Waals surface area contributed by atoms with Gasteiger partial charge in [0.15, 0.2) is 5.78 Å². The van der Waals surface area contributed by atoms with Crippen LogP contribution in [0.1, 0.15) is 33.6 Å². The maximum atomic E-state index is 13.8. The highest BCUT2D eigenvalue weighted by Crippen LogP contribution is 2.30. The number of halogens is 2. The molecule has 2 aromatic carbocycles. The molecule has 0 radical (unpaired) electrons. The van der Waals surface area contributed by atoms with Crippen molar-refractivity contribution in [1.82, 2.24) is 0 Å². The van der Waals surface area contributed by atoms with E-state index < -0.39 is 22.3 Å². The molecule has 0 N–H and O–H groups in total. The number of hydrogen-bond donors (Lipinski definition) is 0. The van der Waals surface area contributed by atoms with E-state index in [9.17, 15) is 24.1 Å². The largest absolute Gasteiger partial charge is 0.308 e. The number of nitro groups is 1. The Hall–Kier alpha value is -2.80. The zero-order valence-corrected chi connectivity index (χ0v) is 13.6. The molecule has 0 fully saturated rings. The number of carbonyl (C=O) groups is 2. The van der Waals surface area contributed by atoms with Crippen LogP contribution in [0.15, 0.2) is 36.4 Å². The quantitative estimate of drug-likeness (QED) is 0.597. The number of nitrogens with zero attached hydrogens (tertiary/aromatic N) is 2. The number of hydrogen-bond acceptors (Lipinski definition) is 4. The Morgan fingerprint density at radius 3 is 2.68 bits per heavy atom. The highest BCUT2D eigenvalue weighted by molar-refractivity contribution is 6.31. The summed E-state index contributed by atoms with van der Waals surface area (Å²) in [4.78, 5) is 36.2. The third-order valence-corrected chi connectivity index (χ3v) is 4.21.